The molecule has 36 heavy (non-hydrogen) atoms. The van der Waals surface area contributed by atoms with E-state index in [9.17, 15) is 9.90 Å². The predicted molar refractivity (Wildman–Crippen MR) is 133 cm³/mol. The number of pyridine rings is 2. The summed E-state index contributed by atoms with van der Waals surface area (Å²) in [7, 11) is 1.83. The van der Waals surface area contributed by atoms with Crippen LogP contribution in [0.1, 0.15) is 37.1 Å². The van der Waals surface area contributed by atoms with E-state index in [-0.39, 0.29) is 12.0 Å². The number of carboxylic acids is 1. The first-order chi connectivity index (χ1) is 17.5. The highest BCUT2D eigenvalue weighted by molar-refractivity contribution is 7.09. The van der Waals surface area contributed by atoms with Crippen LogP contribution in [0.2, 0.25) is 0 Å². The second-order valence-corrected chi connectivity index (χ2v) is 9.47. The Labute approximate surface area is 211 Å². The van der Waals surface area contributed by atoms with Crippen LogP contribution >= 0.6 is 11.5 Å². The van der Waals surface area contributed by atoms with E-state index < -0.39 is 5.97 Å². The van der Waals surface area contributed by atoms with Gasteiger partial charge in [-0.1, -0.05) is 11.3 Å². The molecule has 1 saturated carbocycles. The number of aryl methyl sites for hydroxylation is 2. The summed E-state index contributed by atoms with van der Waals surface area (Å²) in [4.78, 5) is 24.9. The van der Waals surface area contributed by atoms with E-state index in [0.29, 0.717) is 47.5 Å². The van der Waals surface area contributed by atoms with Crippen molar-refractivity contribution >= 4 is 22.6 Å². The van der Waals surface area contributed by atoms with Crippen molar-refractivity contribution in [1.29, 1.82) is 0 Å². The fourth-order valence-electron chi connectivity index (χ4n) is 4.29. The minimum Gasteiger partial charge on any atom is -0.489 e. The van der Waals surface area contributed by atoms with E-state index in [0.717, 1.165) is 29.9 Å². The summed E-state index contributed by atoms with van der Waals surface area (Å²) in [6.45, 7) is 2.32. The number of nitrogens with one attached hydrogen (secondary N) is 1. The standard InChI is InChI=1S/C24H26N8O3S/c1-14-20(35-16-7-5-6-15(12-16)23(33)34)10-9-17(27-14)21-19(32(2)31-29-21)13-26-24-28-22(30-36-24)18-8-3-4-11-25-18/h3-4,8-11,15-16H,5-7,12-13H2,1-2H3,(H,33,34)(H,26,28,30)/t15-,16-/m0/s1. The van der Waals surface area contributed by atoms with E-state index in [1.54, 1.807) is 10.9 Å². The normalized spacial score (nSPS) is 17.6. The molecule has 1 aliphatic rings. The average Bonchev–Trinajstić information content (AvgIpc) is 3.51. The molecule has 0 amide bonds. The maximum atomic E-state index is 11.4. The zero-order valence-corrected chi connectivity index (χ0v) is 20.8. The molecule has 2 atom stereocenters. The molecule has 12 heteroatoms. The Balaban J connectivity index is 1.28. The Morgan fingerprint density at radius 2 is 2.11 bits per heavy atom. The van der Waals surface area contributed by atoms with Crippen molar-refractivity contribution in [3.63, 3.8) is 0 Å². The molecule has 0 radical (unpaired) electrons. The van der Waals surface area contributed by atoms with E-state index in [2.05, 4.69) is 30.0 Å². The van der Waals surface area contributed by atoms with E-state index in [1.807, 2.05) is 44.3 Å². The van der Waals surface area contributed by atoms with E-state index in [4.69, 9.17) is 9.72 Å². The van der Waals surface area contributed by atoms with Gasteiger partial charge in [0.1, 0.15) is 17.1 Å². The molecule has 5 rings (SSSR count). The Hall–Kier alpha value is -3.93. The highest BCUT2D eigenvalue weighted by Crippen LogP contribution is 2.30. The number of carbonyl (C=O) groups is 1. The van der Waals surface area contributed by atoms with Gasteiger partial charge in [-0.25, -0.2) is 9.67 Å². The Morgan fingerprint density at radius 1 is 1.22 bits per heavy atom. The van der Waals surface area contributed by atoms with Crippen molar-refractivity contribution < 1.29 is 14.6 Å². The summed E-state index contributed by atoms with van der Waals surface area (Å²) >= 11 is 1.27. The molecular weight excluding hydrogens is 480 g/mol. The summed E-state index contributed by atoms with van der Waals surface area (Å²) in [5, 5.41) is 21.8. The van der Waals surface area contributed by atoms with Crippen LogP contribution in [-0.2, 0) is 18.4 Å². The van der Waals surface area contributed by atoms with Gasteiger partial charge < -0.3 is 15.2 Å². The first kappa shape index (κ1) is 23.8. The number of hydrogen-bond acceptors (Lipinski definition) is 10. The van der Waals surface area contributed by atoms with Gasteiger partial charge in [0.2, 0.25) is 5.13 Å². The van der Waals surface area contributed by atoms with Crippen LogP contribution in [0.15, 0.2) is 36.5 Å². The van der Waals surface area contributed by atoms with Gasteiger partial charge in [-0.15, -0.1) is 5.10 Å². The molecule has 11 nitrogen and oxygen atoms in total. The van der Waals surface area contributed by atoms with Gasteiger partial charge in [-0.2, -0.15) is 9.36 Å². The molecular formula is C24H26N8O3S. The second kappa shape index (κ2) is 10.4. The van der Waals surface area contributed by atoms with Crippen LogP contribution in [0.3, 0.4) is 0 Å². The molecule has 4 aromatic heterocycles. The lowest BCUT2D eigenvalue weighted by atomic mass is 9.87. The summed E-state index contributed by atoms with van der Waals surface area (Å²) in [5.74, 6) is 0.138. The average molecular weight is 507 g/mol. The zero-order chi connectivity index (χ0) is 25.1. The maximum Gasteiger partial charge on any atom is 0.306 e. The summed E-state index contributed by atoms with van der Waals surface area (Å²) in [5.41, 5.74) is 3.64. The topological polar surface area (TPSA) is 141 Å². The number of nitrogens with zero attached hydrogens (tertiary/aromatic N) is 7. The van der Waals surface area contributed by atoms with Gasteiger partial charge in [0.15, 0.2) is 5.82 Å². The fraction of sp³-hybridized carbons (Fsp3) is 0.375. The van der Waals surface area contributed by atoms with Crippen molar-refractivity contribution in [2.24, 2.45) is 13.0 Å². The number of rotatable bonds is 8. The monoisotopic (exact) mass is 506 g/mol. The molecule has 0 bridgehead atoms. The predicted octanol–water partition coefficient (Wildman–Crippen LogP) is 3.73. The van der Waals surface area contributed by atoms with Crippen molar-refractivity contribution in [3.8, 4) is 28.7 Å². The van der Waals surface area contributed by atoms with Gasteiger partial charge in [0.05, 0.1) is 35.6 Å². The van der Waals surface area contributed by atoms with Crippen LogP contribution in [0.25, 0.3) is 22.9 Å². The van der Waals surface area contributed by atoms with Crippen molar-refractivity contribution in [3.05, 3.63) is 47.9 Å². The van der Waals surface area contributed by atoms with Crippen LogP contribution in [0.5, 0.6) is 5.75 Å². The minimum atomic E-state index is -0.751. The fourth-order valence-corrected chi connectivity index (χ4v) is 4.86. The van der Waals surface area contributed by atoms with Crippen LogP contribution < -0.4 is 10.1 Å². The highest BCUT2D eigenvalue weighted by atomic mass is 32.1. The van der Waals surface area contributed by atoms with Crippen molar-refractivity contribution in [2.45, 2.75) is 45.3 Å². The van der Waals surface area contributed by atoms with Crippen LogP contribution in [-0.4, -0.2) is 51.5 Å². The lowest BCUT2D eigenvalue weighted by Crippen LogP contribution is -2.29. The van der Waals surface area contributed by atoms with Gasteiger partial charge in [0.25, 0.3) is 0 Å². The number of anilines is 1. The smallest absolute Gasteiger partial charge is 0.306 e. The quantitative estimate of drug-likeness (QED) is 0.363. The number of aromatic nitrogens is 7. The van der Waals surface area contributed by atoms with Gasteiger partial charge in [-0.3, -0.25) is 9.78 Å². The van der Waals surface area contributed by atoms with E-state index in [1.165, 1.54) is 11.5 Å². The van der Waals surface area contributed by atoms with E-state index >= 15 is 0 Å². The van der Waals surface area contributed by atoms with Crippen molar-refractivity contribution in [2.75, 3.05) is 5.32 Å². The van der Waals surface area contributed by atoms with Crippen LogP contribution in [0, 0.1) is 12.8 Å². The summed E-state index contributed by atoms with van der Waals surface area (Å²) in [6.07, 6.45) is 4.51. The Bertz CT molecular complexity index is 1360. The molecule has 1 fully saturated rings. The third-order valence-corrected chi connectivity index (χ3v) is 6.89. The molecule has 4 aromatic rings. The van der Waals surface area contributed by atoms with Crippen molar-refractivity contribution in [1.82, 2.24) is 34.3 Å². The molecule has 0 unspecified atom stereocenters. The molecule has 4 heterocycles. The molecule has 0 saturated heterocycles. The molecule has 0 spiro atoms. The Kier molecular flexibility index (Phi) is 6.85. The molecule has 186 valence electrons. The second-order valence-electron chi connectivity index (χ2n) is 8.72. The van der Waals surface area contributed by atoms with Gasteiger partial charge in [0, 0.05) is 24.8 Å². The molecule has 1 aliphatic carbocycles. The lowest BCUT2D eigenvalue weighted by Gasteiger charge is -2.27. The number of hydrogen-bond donors (Lipinski definition) is 2. The Morgan fingerprint density at radius 3 is 2.89 bits per heavy atom. The van der Waals surface area contributed by atoms with Gasteiger partial charge in [-0.05, 0) is 56.9 Å². The molecule has 0 aromatic carbocycles. The molecule has 0 aliphatic heterocycles. The summed E-state index contributed by atoms with van der Waals surface area (Å²) < 4.78 is 12.2. The number of aliphatic carboxylic acids is 1. The zero-order valence-electron chi connectivity index (χ0n) is 20.0. The third kappa shape index (κ3) is 5.18. The SMILES string of the molecule is Cc1nc(-c2nnn(C)c2CNc2nc(-c3ccccn3)ns2)ccc1O[C@H]1CCC[C@H](C(=O)O)C1. The number of carboxylic acid groups (broad SMARTS) is 1. The first-order valence-electron chi connectivity index (χ1n) is 11.7. The number of ether oxygens (including phenoxy) is 1. The third-order valence-electron chi connectivity index (χ3n) is 6.22. The first-order valence-corrected chi connectivity index (χ1v) is 12.5. The van der Waals surface area contributed by atoms with Gasteiger partial charge >= 0.3 is 5.97 Å². The highest BCUT2D eigenvalue weighted by Gasteiger charge is 2.28. The lowest BCUT2D eigenvalue weighted by molar-refractivity contribution is -0.143. The molecule has 2 N–H and O–H groups in total. The van der Waals surface area contributed by atoms with Crippen LogP contribution in [0.4, 0.5) is 5.13 Å². The minimum absolute atomic E-state index is 0.120. The maximum absolute atomic E-state index is 11.4. The summed E-state index contributed by atoms with van der Waals surface area (Å²) in [6, 6.07) is 9.35. The largest absolute Gasteiger partial charge is 0.489 e.